The average Bonchev–Trinajstić information content (AvgIpc) is 3.05. The van der Waals surface area contributed by atoms with Gasteiger partial charge in [0, 0.05) is 0 Å². The molecule has 0 N–H and O–H groups in total. The van der Waals surface area contributed by atoms with Crippen LogP contribution in [0.3, 0.4) is 0 Å². The maximum absolute atomic E-state index is 9.32. The molecule has 0 unspecified atom stereocenters. The van der Waals surface area contributed by atoms with Gasteiger partial charge in [-0.3, -0.25) is 0 Å². The molecule has 0 aromatic carbocycles. The van der Waals surface area contributed by atoms with E-state index in [0.29, 0.717) is 0 Å². The summed E-state index contributed by atoms with van der Waals surface area (Å²) < 4.78 is 148. The van der Waals surface area contributed by atoms with Crippen LogP contribution in [-0.2, 0) is 175 Å². The molecule has 0 heterocycles. The second kappa shape index (κ2) is 64.5. The largest absolute Gasteiger partial charge is 7.00 e. The van der Waals surface area contributed by atoms with Crippen LogP contribution in [0, 0.1) is 0 Å². The molecule has 0 aromatic heterocycles. The van der Waals surface area contributed by atoms with E-state index < -0.39 is 110 Å². The summed E-state index contributed by atoms with van der Waals surface area (Å²) >= 11 is 0. The molecule has 0 atom stereocenters. The molecule has 0 bridgehead atoms. The Bertz CT molecular complexity index is 1520. The van der Waals surface area contributed by atoms with Gasteiger partial charge < -0.3 is 231 Å². The van der Waals surface area contributed by atoms with Crippen molar-refractivity contribution in [2.24, 2.45) is 0 Å². The molecule has 0 saturated heterocycles. The Kier molecular flexibility index (Phi) is 107. The fourth-order valence-electron chi connectivity index (χ4n) is 0.857. The summed E-state index contributed by atoms with van der Waals surface area (Å²) in [5, 5.41) is 0. The smallest absolute Gasteiger partial charge is 0.790 e. The standard InChI is InChI=1S/7C2H6.7H4O7P2.4Tc/c7*1-2;7*1-8(2,3)7-9(4,5)6;;;;/h7*1-2H3;7*(H2,1,2,3)(H2,4,5,6);;;;/q;;;;;;;;;;;;;;4*+7/p-28. The molecule has 0 saturated carbocycles. The minimum Gasteiger partial charge on any atom is -0.790 e. The summed E-state index contributed by atoms with van der Waals surface area (Å²) in [4.78, 5) is 261. The van der Waals surface area contributed by atoms with Gasteiger partial charge in [-0.15, -0.1) is 0 Å². The normalized spacial score (nSPS) is 11.2. The van der Waals surface area contributed by atoms with Gasteiger partial charge in [-0.05, 0) is 0 Å². The molecule has 0 aromatic rings. The van der Waals surface area contributed by atoms with Crippen LogP contribution in [-0.4, -0.2) is 0 Å². The van der Waals surface area contributed by atoms with E-state index >= 15 is 0 Å². The van der Waals surface area contributed by atoms with Gasteiger partial charge in [0.1, 0.15) is 0 Å². The topological polar surface area (TPSA) is 949 Å². The monoisotopic (exact) mass is 1820 g/mol. The van der Waals surface area contributed by atoms with Gasteiger partial charge in [-0.25, -0.2) is 0 Å². The molecule has 0 aliphatic heterocycles. The number of rotatable bonds is 14. The van der Waals surface area contributed by atoms with Crippen LogP contribution in [0.2, 0.25) is 0 Å². The first-order chi connectivity index (χ1) is 32.9. The Balaban J connectivity index is -0.0000000341. The van der Waals surface area contributed by atoms with Gasteiger partial charge >= 0.3 is 80.4 Å². The van der Waals surface area contributed by atoms with Crippen LogP contribution < -0.4 is 137 Å². The van der Waals surface area contributed by atoms with E-state index in [1.807, 2.05) is 96.9 Å². The van der Waals surface area contributed by atoms with E-state index in [4.69, 9.17) is 0 Å². The fourth-order valence-corrected chi connectivity index (χ4v) is 7.72. The summed E-state index contributed by atoms with van der Waals surface area (Å²) in [5.74, 6) is 0. The maximum Gasteiger partial charge on any atom is 7.00 e. The molecule has 67 heteroatoms. The van der Waals surface area contributed by atoms with E-state index in [2.05, 4.69) is 30.2 Å². The maximum atomic E-state index is 9.32. The van der Waals surface area contributed by atoms with Crippen LogP contribution in [0.5, 0.6) is 0 Å². The van der Waals surface area contributed by atoms with Crippen molar-refractivity contribution in [2.75, 3.05) is 0 Å². The molecule has 490 valence electrons. The summed E-state index contributed by atoms with van der Waals surface area (Å²) in [6, 6.07) is 0. The van der Waals surface area contributed by atoms with Gasteiger partial charge in [0.05, 0.1) is 110 Å². The summed E-state index contributed by atoms with van der Waals surface area (Å²) in [6.07, 6.45) is 0. The van der Waals surface area contributed by atoms with Crippen LogP contribution in [0.25, 0.3) is 0 Å². The van der Waals surface area contributed by atoms with Crippen molar-refractivity contribution in [3.05, 3.63) is 0 Å². The first-order valence-electron chi connectivity index (χ1n) is 17.2. The first-order valence-corrected chi connectivity index (χ1v) is 37.7. The SMILES string of the molecule is CC.CC.CC.CC.CC.CC.CC.O=P([O-])([O-])OP(=O)([O-])[O-].O=P([O-])([O-])OP(=O)([O-])[O-].O=P([O-])([O-])OP(=O)([O-])[O-].O=P([O-])([O-])OP(=O)([O-])[O-].O=P([O-])([O-])OP(=O)([O-])[O-].O=P([O-])([O-])OP(=O)([O-])[O-].O=P([O-])([O-])OP(=O)([O-])[O-].[Tc+7].[Tc+7].[Tc+7].[Tc+7]. The van der Waals surface area contributed by atoms with Crippen molar-refractivity contribution in [1.29, 1.82) is 0 Å². The third-order valence-corrected chi connectivity index (χ3v) is 12.6. The van der Waals surface area contributed by atoms with Crippen LogP contribution in [0.4, 0.5) is 0 Å². The van der Waals surface area contributed by atoms with Gasteiger partial charge in [-0.2, -0.15) is 0 Å². The third-order valence-electron chi connectivity index (χ3n) is 1.40. The zero-order valence-electron chi connectivity index (χ0n) is 41.8. The number of hydrogen-bond acceptors (Lipinski definition) is 49. The van der Waals surface area contributed by atoms with Crippen LogP contribution in [0.1, 0.15) is 96.9 Å². The number of phosphoric acid groups is 14. The predicted octanol–water partition coefficient (Wildman–Crippen LogP) is -16.2. The average molecular weight is 1820 g/mol. The van der Waals surface area contributed by atoms with E-state index in [0.717, 1.165) is 0 Å². The van der Waals surface area contributed by atoms with Crippen molar-refractivity contribution in [3.8, 4) is 0 Å². The molecular formula is C14H42O49P14Tc4. The van der Waals surface area contributed by atoms with Gasteiger partial charge in [0.15, 0.2) is 0 Å². The van der Waals surface area contributed by atoms with Gasteiger partial charge in [0.25, 0.3) is 0 Å². The predicted molar refractivity (Wildman–Crippen MR) is 194 cm³/mol. The van der Waals surface area contributed by atoms with Crippen molar-refractivity contribution in [2.45, 2.75) is 96.9 Å². The molecule has 0 amide bonds. The molecule has 0 fully saturated rings. The minimum atomic E-state index is -5.68. The molecule has 0 aliphatic rings. The fraction of sp³-hybridized carbons (Fsp3) is 1.00. The van der Waals surface area contributed by atoms with Crippen molar-refractivity contribution < 1.29 is 312 Å². The second-order valence-electron chi connectivity index (χ2n) is 6.83. The van der Waals surface area contributed by atoms with Crippen LogP contribution >= 0.6 is 110 Å². The molecule has 0 aliphatic carbocycles. The summed E-state index contributed by atoms with van der Waals surface area (Å²) in [7, 11) is -79.5. The van der Waals surface area contributed by atoms with Crippen molar-refractivity contribution in [3.63, 3.8) is 0 Å². The quantitative estimate of drug-likeness (QED) is 0.146. The molecule has 0 radical (unpaired) electrons. The van der Waals surface area contributed by atoms with Gasteiger partial charge in [0.2, 0.25) is 0 Å². The van der Waals surface area contributed by atoms with Crippen molar-refractivity contribution >= 4 is 110 Å². The second-order valence-corrected chi connectivity index (χ2v) is 23.9. The summed E-state index contributed by atoms with van der Waals surface area (Å²) in [6.45, 7) is 28.0. The molecule has 0 rings (SSSR count). The van der Waals surface area contributed by atoms with Crippen molar-refractivity contribution in [1.82, 2.24) is 0 Å². The van der Waals surface area contributed by atoms with E-state index in [9.17, 15) is 201 Å². The Morgan fingerprint density at radius 2 is 0.160 bits per heavy atom. The zero-order valence-corrected chi connectivity index (χ0v) is 61.7. The molecule has 49 nitrogen and oxygen atoms in total. The van der Waals surface area contributed by atoms with E-state index in [1.165, 1.54) is 0 Å². The zero-order chi connectivity index (χ0) is 67.9. The Labute approximate surface area is 514 Å². The van der Waals surface area contributed by atoms with Crippen LogP contribution in [0.15, 0.2) is 0 Å². The number of hydrogen-bond donors (Lipinski definition) is 0. The molecule has 81 heavy (non-hydrogen) atoms. The summed E-state index contributed by atoms with van der Waals surface area (Å²) in [5.41, 5.74) is 0. The Morgan fingerprint density at radius 1 is 0.136 bits per heavy atom. The van der Waals surface area contributed by atoms with Gasteiger partial charge in [-0.1, -0.05) is 96.9 Å². The molecule has 0 spiro atoms. The third kappa shape index (κ3) is 266. The molecular weight excluding hydrogens is 1780 g/mol. The van der Waals surface area contributed by atoms with E-state index in [-0.39, 0.29) is 80.4 Å². The van der Waals surface area contributed by atoms with E-state index in [1.54, 1.807) is 0 Å². The Morgan fingerprint density at radius 3 is 0.160 bits per heavy atom. The first kappa shape index (κ1) is 134. The minimum absolute atomic E-state index is 0. The Hall–Kier alpha value is 4.42.